The van der Waals surface area contributed by atoms with Crippen LogP contribution in [0.2, 0.25) is 0 Å². The van der Waals surface area contributed by atoms with Crippen molar-refractivity contribution in [3.63, 3.8) is 0 Å². The first-order valence-corrected chi connectivity index (χ1v) is 10.0. The Morgan fingerprint density at radius 3 is 2.92 bits per heavy atom. The van der Waals surface area contributed by atoms with E-state index in [9.17, 15) is 4.79 Å². The standard InChI is InChI=1S/C17H19N5OS2/c1-21(9-14-18-12-5-3-4-6-13(12)25-14)15(23)10-24-17-20-19-16(22(17)2)11-7-8-11/h3-6,11H,7-10H2,1-2H3. The highest BCUT2D eigenvalue weighted by molar-refractivity contribution is 7.99. The van der Waals surface area contributed by atoms with Gasteiger partial charge in [0.25, 0.3) is 0 Å². The lowest BCUT2D eigenvalue weighted by atomic mass is 10.3. The fraction of sp³-hybridized carbons (Fsp3) is 0.412. The van der Waals surface area contributed by atoms with Gasteiger partial charge >= 0.3 is 0 Å². The average Bonchev–Trinajstić information content (AvgIpc) is 3.26. The summed E-state index contributed by atoms with van der Waals surface area (Å²) in [5.41, 5.74) is 0.990. The van der Waals surface area contributed by atoms with Gasteiger partial charge in [0.15, 0.2) is 5.16 Å². The number of fused-ring (bicyclic) bond motifs is 1. The molecule has 6 nitrogen and oxygen atoms in total. The largest absolute Gasteiger partial charge is 0.338 e. The van der Waals surface area contributed by atoms with Crippen molar-refractivity contribution in [1.29, 1.82) is 0 Å². The van der Waals surface area contributed by atoms with E-state index in [-0.39, 0.29) is 5.91 Å². The van der Waals surface area contributed by atoms with Gasteiger partial charge in [-0.3, -0.25) is 4.79 Å². The summed E-state index contributed by atoms with van der Waals surface area (Å²) < 4.78 is 3.17. The monoisotopic (exact) mass is 373 g/mol. The molecule has 0 N–H and O–H groups in total. The Morgan fingerprint density at radius 2 is 2.16 bits per heavy atom. The fourth-order valence-electron chi connectivity index (χ4n) is 2.66. The maximum absolute atomic E-state index is 12.4. The van der Waals surface area contributed by atoms with Gasteiger partial charge in [-0.25, -0.2) is 4.98 Å². The predicted molar refractivity (Wildman–Crippen MR) is 99.8 cm³/mol. The summed E-state index contributed by atoms with van der Waals surface area (Å²) in [5, 5.41) is 10.2. The normalized spacial score (nSPS) is 14.2. The summed E-state index contributed by atoms with van der Waals surface area (Å²) in [5.74, 6) is 2.03. The van der Waals surface area contributed by atoms with Crippen molar-refractivity contribution in [3.05, 3.63) is 35.1 Å². The number of rotatable bonds is 6. The third-order valence-electron chi connectivity index (χ3n) is 4.27. The summed E-state index contributed by atoms with van der Waals surface area (Å²) in [6, 6.07) is 8.04. The number of hydrogen-bond donors (Lipinski definition) is 0. The predicted octanol–water partition coefficient (Wildman–Crippen LogP) is 3.05. The molecule has 1 saturated carbocycles. The fourth-order valence-corrected chi connectivity index (χ4v) is 4.54. The van der Waals surface area contributed by atoms with E-state index < -0.39 is 0 Å². The van der Waals surface area contributed by atoms with Gasteiger partial charge in [0.1, 0.15) is 10.8 Å². The van der Waals surface area contributed by atoms with Crippen molar-refractivity contribution in [1.82, 2.24) is 24.6 Å². The summed E-state index contributed by atoms with van der Waals surface area (Å²) in [6.07, 6.45) is 2.39. The summed E-state index contributed by atoms with van der Waals surface area (Å²) in [7, 11) is 3.80. The molecule has 3 aromatic rings. The molecule has 0 aliphatic heterocycles. The average molecular weight is 374 g/mol. The van der Waals surface area contributed by atoms with Gasteiger partial charge in [-0.05, 0) is 25.0 Å². The lowest BCUT2D eigenvalue weighted by Crippen LogP contribution is -2.27. The van der Waals surface area contributed by atoms with E-state index in [1.54, 1.807) is 16.2 Å². The first-order chi connectivity index (χ1) is 12.1. The molecular weight excluding hydrogens is 354 g/mol. The van der Waals surface area contributed by atoms with Crippen LogP contribution < -0.4 is 0 Å². The van der Waals surface area contributed by atoms with Gasteiger partial charge in [-0.15, -0.1) is 21.5 Å². The third-order valence-corrected chi connectivity index (χ3v) is 6.30. The van der Waals surface area contributed by atoms with Gasteiger partial charge in [0.05, 0.1) is 22.5 Å². The van der Waals surface area contributed by atoms with Crippen molar-refractivity contribution in [2.45, 2.75) is 30.5 Å². The zero-order chi connectivity index (χ0) is 17.4. The molecule has 0 saturated heterocycles. The molecule has 0 spiro atoms. The molecule has 0 atom stereocenters. The van der Waals surface area contributed by atoms with Crippen LogP contribution in [0.5, 0.6) is 0 Å². The lowest BCUT2D eigenvalue weighted by Gasteiger charge is -2.15. The molecule has 2 aromatic heterocycles. The number of carbonyl (C=O) groups excluding carboxylic acids is 1. The van der Waals surface area contributed by atoms with Crippen molar-refractivity contribution >= 4 is 39.2 Å². The first kappa shape index (κ1) is 16.5. The van der Waals surface area contributed by atoms with E-state index >= 15 is 0 Å². The quantitative estimate of drug-likeness (QED) is 0.622. The number of nitrogens with zero attached hydrogens (tertiary/aromatic N) is 5. The second-order valence-electron chi connectivity index (χ2n) is 6.29. The minimum atomic E-state index is 0.0697. The molecule has 2 heterocycles. The summed E-state index contributed by atoms with van der Waals surface area (Å²) in [6.45, 7) is 0.533. The van der Waals surface area contributed by atoms with E-state index in [0.29, 0.717) is 18.2 Å². The maximum atomic E-state index is 12.4. The lowest BCUT2D eigenvalue weighted by molar-refractivity contribution is -0.127. The number of hydrogen-bond acceptors (Lipinski definition) is 6. The third kappa shape index (κ3) is 3.55. The maximum Gasteiger partial charge on any atom is 0.233 e. The number of carbonyl (C=O) groups is 1. The molecule has 1 aliphatic rings. The molecule has 1 amide bonds. The SMILES string of the molecule is CN(Cc1nc2ccccc2s1)C(=O)CSc1nnc(C2CC2)n1C. The molecule has 1 aromatic carbocycles. The van der Waals surface area contributed by atoms with E-state index in [4.69, 9.17) is 0 Å². The molecule has 1 aliphatic carbocycles. The molecule has 25 heavy (non-hydrogen) atoms. The van der Waals surface area contributed by atoms with Crippen LogP contribution in [0.1, 0.15) is 29.6 Å². The van der Waals surface area contributed by atoms with E-state index in [2.05, 4.69) is 21.2 Å². The van der Waals surface area contributed by atoms with Gasteiger partial charge in [0.2, 0.25) is 5.91 Å². The van der Waals surface area contributed by atoms with Crippen LogP contribution in [0.3, 0.4) is 0 Å². The molecule has 0 unspecified atom stereocenters. The van der Waals surface area contributed by atoms with Crippen LogP contribution in [-0.4, -0.2) is 43.4 Å². The van der Waals surface area contributed by atoms with Crippen LogP contribution in [0, 0.1) is 0 Å². The number of para-hydroxylation sites is 1. The van der Waals surface area contributed by atoms with Gasteiger partial charge in [0, 0.05) is 20.0 Å². The Bertz CT molecular complexity index is 882. The molecule has 0 radical (unpaired) electrons. The van der Waals surface area contributed by atoms with Gasteiger partial charge in [-0.2, -0.15) is 0 Å². The van der Waals surface area contributed by atoms with E-state index in [1.165, 1.54) is 24.6 Å². The zero-order valence-electron chi connectivity index (χ0n) is 14.2. The number of thiazole rings is 1. The van der Waals surface area contributed by atoms with Crippen LogP contribution in [0.25, 0.3) is 10.2 Å². The minimum absolute atomic E-state index is 0.0697. The van der Waals surface area contributed by atoms with Crippen molar-refractivity contribution < 1.29 is 4.79 Å². The number of benzene rings is 1. The van der Waals surface area contributed by atoms with Crippen LogP contribution >= 0.6 is 23.1 Å². The van der Waals surface area contributed by atoms with Crippen LogP contribution in [0.15, 0.2) is 29.4 Å². The molecule has 130 valence electrons. The highest BCUT2D eigenvalue weighted by Crippen LogP contribution is 2.39. The second kappa shape index (κ2) is 6.76. The Hall–Kier alpha value is -1.93. The van der Waals surface area contributed by atoms with Gasteiger partial charge in [-0.1, -0.05) is 23.9 Å². The first-order valence-electron chi connectivity index (χ1n) is 8.22. The summed E-state index contributed by atoms with van der Waals surface area (Å²) in [4.78, 5) is 18.7. The van der Waals surface area contributed by atoms with Crippen LogP contribution in [-0.2, 0) is 18.4 Å². The van der Waals surface area contributed by atoms with Gasteiger partial charge < -0.3 is 9.47 Å². The highest BCUT2D eigenvalue weighted by atomic mass is 32.2. The Labute approximate surface area is 154 Å². The van der Waals surface area contributed by atoms with Crippen molar-refractivity contribution in [2.75, 3.05) is 12.8 Å². The highest BCUT2D eigenvalue weighted by Gasteiger charge is 2.29. The Balaban J connectivity index is 1.35. The number of thioether (sulfide) groups is 1. The zero-order valence-corrected chi connectivity index (χ0v) is 15.8. The summed E-state index contributed by atoms with van der Waals surface area (Å²) >= 11 is 3.08. The molecule has 1 fully saturated rings. The molecular formula is C17H19N5OS2. The van der Waals surface area contributed by atoms with E-state index in [1.807, 2.05) is 36.9 Å². The molecule has 0 bridgehead atoms. The van der Waals surface area contributed by atoms with Crippen molar-refractivity contribution in [2.24, 2.45) is 7.05 Å². The molecule has 4 rings (SSSR count). The minimum Gasteiger partial charge on any atom is -0.338 e. The topological polar surface area (TPSA) is 63.9 Å². The number of aromatic nitrogens is 4. The Kier molecular flexibility index (Phi) is 4.47. The Morgan fingerprint density at radius 1 is 1.36 bits per heavy atom. The smallest absolute Gasteiger partial charge is 0.233 e. The van der Waals surface area contributed by atoms with E-state index in [0.717, 1.165) is 26.2 Å². The second-order valence-corrected chi connectivity index (χ2v) is 8.35. The number of amides is 1. The van der Waals surface area contributed by atoms with Crippen molar-refractivity contribution in [3.8, 4) is 0 Å². The van der Waals surface area contributed by atoms with Crippen LogP contribution in [0.4, 0.5) is 0 Å². The molecule has 8 heteroatoms.